The van der Waals surface area contributed by atoms with Crippen LogP contribution in [0.2, 0.25) is 0 Å². The maximum absolute atomic E-state index is 12.7. The molecule has 2 saturated heterocycles. The second kappa shape index (κ2) is 6.72. The second-order valence-electron chi connectivity index (χ2n) is 6.06. The lowest BCUT2D eigenvalue weighted by molar-refractivity contribution is -0.168. The lowest BCUT2D eigenvalue weighted by atomic mass is 9.98. The zero-order chi connectivity index (χ0) is 19.2. The van der Waals surface area contributed by atoms with Crippen LogP contribution < -0.4 is 0 Å². The maximum Gasteiger partial charge on any atom is 0.511 e. The fourth-order valence-corrected chi connectivity index (χ4v) is 6.95. The first kappa shape index (κ1) is 20.5. The molecule has 0 aromatic rings. The molecule has 2 aliphatic rings. The lowest BCUT2D eigenvalue weighted by Gasteiger charge is -2.45. The van der Waals surface area contributed by atoms with E-state index in [1.54, 1.807) is 29.5 Å². The first-order chi connectivity index (χ1) is 11.4. The van der Waals surface area contributed by atoms with Crippen molar-refractivity contribution in [2.24, 2.45) is 0 Å². The van der Waals surface area contributed by atoms with E-state index in [2.05, 4.69) is 9.47 Å². The standard InChI is InChI=1S/C13H17ClINO8S/c1-4-5-22-11(19)24-6-23-8(17)7-12(2,3)25(20,21)10-13(14,15)9(18)16(7)10/h7,10H,4-6H2,1-3H3/t7-,10+,13?/m0/s1. The number of carbonyl (C=O) groups excluding carboxylic acids is 3. The molecule has 9 nitrogen and oxygen atoms in total. The van der Waals surface area contributed by atoms with E-state index in [1.165, 1.54) is 13.8 Å². The van der Waals surface area contributed by atoms with Crippen LogP contribution in [-0.4, -0.2) is 63.8 Å². The van der Waals surface area contributed by atoms with Crippen LogP contribution in [-0.2, 0) is 33.6 Å². The third-order valence-corrected chi connectivity index (χ3v) is 8.90. The molecule has 142 valence electrons. The Labute approximate surface area is 163 Å². The van der Waals surface area contributed by atoms with Crippen molar-refractivity contribution in [1.29, 1.82) is 0 Å². The Hall–Kier alpha value is -0.820. The Kier molecular flexibility index (Phi) is 5.51. The normalized spacial score (nSPS) is 31.7. The molecular weight excluding hydrogens is 493 g/mol. The van der Waals surface area contributed by atoms with Crippen LogP contribution in [0.1, 0.15) is 27.2 Å². The highest BCUT2D eigenvalue weighted by Gasteiger charge is 2.77. The van der Waals surface area contributed by atoms with Gasteiger partial charge in [0, 0.05) is 0 Å². The maximum atomic E-state index is 12.7. The number of fused-ring (bicyclic) bond motifs is 1. The van der Waals surface area contributed by atoms with Gasteiger partial charge in [-0.25, -0.2) is 18.0 Å². The van der Waals surface area contributed by atoms with Gasteiger partial charge in [0.2, 0.25) is 9.67 Å². The number of nitrogens with zero attached hydrogens (tertiary/aromatic N) is 1. The van der Waals surface area contributed by atoms with Gasteiger partial charge >= 0.3 is 12.1 Å². The summed E-state index contributed by atoms with van der Waals surface area (Å²) in [6.07, 6.45) is -0.421. The summed E-state index contributed by atoms with van der Waals surface area (Å²) in [6.45, 7) is 3.83. The lowest BCUT2D eigenvalue weighted by Crippen LogP contribution is -2.69. The van der Waals surface area contributed by atoms with Crippen molar-refractivity contribution < 1.29 is 37.0 Å². The van der Waals surface area contributed by atoms with Gasteiger partial charge in [0.1, 0.15) is 10.8 Å². The van der Waals surface area contributed by atoms with E-state index in [4.69, 9.17) is 16.3 Å². The minimum atomic E-state index is -3.92. The number of halogens is 2. The third kappa shape index (κ3) is 3.07. The molecule has 0 bridgehead atoms. The first-order valence-electron chi connectivity index (χ1n) is 7.31. The van der Waals surface area contributed by atoms with E-state index in [0.29, 0.717) is 6.42 Å². The molecular formula is C13H17ClINO8S. The van der Waals surface area contributed by atoms with Gasteiger partial charge in [-0.05, 0) is 42.9 Å². The van der Waals surface area contributed by atoms with Crippen LogP contribution in [0.15, 0.2) is 0 Å². The molecule has 2 aliphatic heterocycles. The van der Waals surface area contributed by atoms with Crippen molar-refractivity contribution in [3.63, 3.8) is 0 Å². The molecule has 3 atom stereocenters. The molecule has 12 heteroatoms. The molecule has 2 rings (SSSR count). The number of sulfone groups is 1. The largest absolute Gasteiger partial charge is 0.511 e. The van der Waals surface area contributed by atoms with Gasteiger partial charge < -0.3 is 19.1 Å². The number of rotatable bonds is 5. The average Bonchev–Trinajstić information content (AvgIpc) is 2.66. The Morgan fingerprint density at radius 3 is 2.44 bits per heavy atom. The minimum absolute atomic E-state index is 0.151. The summed E-state index contributed by atoms with van der Waals surface area (Å²) < 4.78 is 36.1. The van der Waals surface area contributed by atoms with E-state index < -0.39 is 53.7 Å². The number of esters is 1. The molecule has 0 saturated carbocycles. The Balaban J connectivity index is 2.09. The highest BCUT2D eigenvalue weighted by molar-refractivity contribution is 14.1. The quantitative estimate of drug-likeness (QED) is 0.178. The second-order valence-corrected chi connectivity index (χ2v) is 11.6. The summed E-state index contributed by atoms with van der Waals surface area (Å²) >= 11 is 7.56. The summed E-state index contributed by atoms with van der Waals surface area (Å²) in [4.78, 5) is 36.6. The summed E-state index contributed by atoms with van der Waals surface area (Å²) in [6, 6.07) is -1.38. The minimum Gasteiger partial charge on any atom is -0.434 e. The SMILES string of the molecule is CCCOC(=O)OCOC(=O)[C@@H]1N2C(=O)C(Cl)(I)[C@H]2S(=O)(=O)C1(C)C. The first-order valence-corrected chi connectivity index (χ1v) is 10.3. The van der Waals surface area contributed by atoms with E-state index in [9.17, 15) is 22.8 Å². The summed E-state index contributed by atoms with van der Waals surface area (Å²) in [5.41, 5.74) is 0. The molecule has 1 amide bonds. The van der Waals surface area contributed by atoms with Crippen molar-refractivity contribution in [2.75, 3.05) is 13.4 Å². The predicted molar refractivity (Wildman–Crippen MR) is 93.7 cm³/mol. The number of hydrogen-bond donors (Lipinski definition) is 0. The zero-order valence-electron chi connectivity index (χ0n) is 13.7. The number of alkyl halides is 2. The van der Waals surface area contributed by atoms with Gasteiger partial charge in [0.15, 0.2) is 15.2 Å². The summed E-state index contributed by atoms with van der Waals surface area (Å²) in [7, 11) is -3.92. The van der Waals surface area contributed by atoms with Crippen LogP contribution in [0.25, 0.3) is 0 Å². The molecule has 0 radical (unpaired) electrons. The predicted octanol–water partition coefficient (Wildman–Crippen LogP) is 1.16. The topological polar surface area (TPSA) is 116 Å². The molecule has 0 aromatic heterocycles. The van der Waals surface area contributed by atoms with Crippen LogP contribution in [0, 0.1) is 0 Å². The highest BCUT2D eigenvalue weighted by atomic mass is 127. The van der Waals surface area contributed by atoms with E-state index in [0.717, 1.165) is 4.90 Å². The monoisotopic (exact) mass is 509 g/mol. The number of ether oxygens (including phenoxy) is 3. The van der Waals surface area contributed by atoms with Crippen molar-refractivity contribution >= 4 is 62.1 Å². The summed E-state index contributed by atoms with van der Waals surface area (Å²) in [5, 5.41) is -1.32. The van der Waals surface area contributed by atoms with Crippen LogP contribution in [0.3, 0.4) is 0 Å². The number of hydrogen-bond acceptors (Lipinski definition) is 8. The molecule has 1 unspecified atom stereocenters. The van der Waals surface area contributed by atoms with Gasteiger partial charge in [-0.15, -0.1) is 0 Å². The molecule has 2 heterocycles. The van der Waals surface area contributed by atoms with Crippen LogP contribution in [0.5, 0.6) is 0 Å². The van der Waals surface area contributed by atoms with Crippen molar-refractivity contribution in [2.45, 2.75) is 46.2 Å². The van der Waals surface area contributed by atoms with Crippen molar-refractivity contribution in [3.8, 4) is 0 Å². The van der Waals surface area contributed by atoms with Crippen molar-refractivity contribution in [3.05, 3.63) is 0 Å². The number of β-lactam (4-membered cyclic amide) rings is 1. The molecule has 0 aromatic carbocycles. The zero-order valence-corrected chi connectivity index (χ0v) is 17.4. The highest BCUT2D eigenvalue weighted by Crippen LogP contribution is 2.56. The molecule has 0 N–H and O–H groups in total. The fourth-order valence-electron chi connectivity index (χ4n) is 2.71. The molecule has 0 spiro atoms. The van der Waals surface area contributed by atoms with Crippen LogP contribution in [0.4, 0.5) is 4.79 Å². The summed E-state index contributed by atoms with van der Waals surface area (Å²) in [5.74, 6) is -1.68. The van der Waals surface area contributed by atoms with Gasteiger partial charge in [0.05, 0.1) is 6.61 Å². The third-order valence-electron chi connectivity index (χ3n) is 4.07. The van der Waals surface area contributed by atoms with Gasteiger partial charge in [-0.1, -0.05) is 18.5 Å². The van der Waals surface area contributed by atoms with Crippen LogP contribution >= 0.6 is 34.2 Å². The Morgan fingerprint density at radius 1 is 1.28 bits per heavy atom. The fraction of sp³-hybridized carbons (Fsp3) is 0.769. The number of carbonyl (C=O) groups is 3. The van der Waals surface area contributed by atoms with Crippen molar-refractivity contribution in [1.82, 2.24) is 4.90 Å². The number of amides is 1. The Bertz CT molecular complexity index is 707. The van der Waals surface area contributed by atoms with E-state index >= 15 is 0 Å². The Morgan fingerprint density at radius 2 is 1.88 bits per heavy atom. The molecule has 2 fully saturated rings. The van der Waals surface area contributed by atoms with E-state index in [1.807, 2.05) is 0 Å². The van der Waals surface area contributed by atoms with Gasteiger partial charge in [0.25, 0.3) is 5.91 Å². The van der Waals surface area contributed by atoms with Gasteiger partial charge in [-0.2, -0.15) is 0 Å². The molecule has 0 aliphatic carbocycles. The van der Waals surface area contributed by atoms with E-state index in [-0.39, 0.29) is 6.61 Å². The molecule has 25 heavy (non-hydrogen) atoms. The van der Waals surface area contributed by atoms with Gasteiger partial charge in [-0.3, -0.25) is 4.79 Å². The smallest absolute Gasteiger partial charge is 0.434 e. The average molecular weight is 510 g/mol.